The molecule has 0 N–H and O–H groups in total. The number of hydrogen-bond donors (Lipinski definition) is 0. The second kappa shape index (κ2) is 5.40. The summed E-state index contributed by atoms with van der Waals surface area (Å²) in [6.45, 7) is 0. The van der Waals surface area contributed by atoms with Crippen LogP contribution in [0.15, 0.2) is 40.4 Å². The van der Waals surface area contributed by atoms with Gasteiger partial charge in [-0.3, -0.25) is 0 Å². The average Bonchev–Trinajstić information content (AvgIpc) is 2.82. The third-order valence-electron chi connectivity index (χ3n) is 4.56. The molecular formula is C15H14BrCl3O2. The number of alkyl halides is 2. The zero-order valence-electron chi connectivity index (χ0n) is 11.4. The summed E-state index contributed by atoms with van der Waals surface area (Å²) in [5, 5.41) is 0.911. The topological polar surface area (TPSA) is 18.5 Å². The van der Waals surface area contributed by atoms with E-state index >= 15 is 0 Å². The van der Waals surface area contributed by atoms with E-state index in [0.29, 0.717) is 10.1 Å². The lowest BCUT2D eigenvalue weighted by Gasteiger charge is -2.38. The zero-order valence-corrected chi connectivity index (χ0v) is 15.3. The lowest BCUT2D eigenvalue weighted by atomic mass is 9.86. The summed E-state index contributed by atoms with van der Waals surface area (Å²) in [5.74, 6) is -1.33. The smallest absolute Gasteiger partial charge is 0.201 e. The summed E-state index contributed by atoms with van der Waals surface area (Å²) in [7, 11) is 3.14. The summed E-state index contributed by atoms with van der Waals surface area (Å²) < 4.78 is 11.4. The second-order valence-electron chi connectivity index (χ2n) is 5.27. The first-order valence-electron chi connectivity index (χ1n) is 6.49. The van der Waals surface area contributed by atoms with Gasteiger partial charge in [-0.15, -0.1) is 11.6 Å². The minimum Gasteiger partial charge on any atom is -0.351 e. The van der Waals surface area contributed by atoms with Crippen LogP contribution in [-0.4, -0.2) is 29.7 Å². The van der Waals surface area contributed by atoms with Gasteiger partial charge in [0, 0.05) is 25.2 Å². The van der Waals surface area contributed by atoms with Crippen molar-refractivity contribution in [3.8, 4) is 0 Å². The summed E-state index contributed by atoms with van der Waals surface area (Å²) >= 11 is 23.5. The molecule has 0 heterocycles. The van der Waals surface area contributed by atoms with Crippen molar-refractivity contribution in [2.75, 3.05) is 14.2 Å². The fourth-order valence-corrected chi connectivity index (χ4v) is 6.29. The van der Waals surface area contributed by atoms with Crippen LogP contribution in [0.25, 0.3) is 0 Å². The van der Waals surface area contributed by atoms with E-state index in [-0.39, 0.29) is 16.7 Å². The highest BCUT2D eigenvalue weighted by Crippen LogP contribution is 2.71. The SMILES string of the molecule is COC1(OC)C2C(Cl)=C(Cl)C1(Cl)C(Br)C2c1ccccc1. The van der Waals surface area contributed by atoms with Crippen molar-refractivity contribution in [2.45, 2.75) is 21.4 Å². The minimum atomic E-state index is -1.09. The Balaban J connectivity index is 2.21. The van der Waals surface area contributed by atoms with Gasteiger partial charge in [-0.1, -0.05) is 69.5 Å². The molecule has 1 saturated carbocycles. The van der Waals surface area contributed by atoms with Crippen molar-refractivity contribution in [1.29, 1.82) is 0 Å². The average molecular weight is 413 g/mol. The van der Waals surface area contributed by atoms with Crippen molar-refractivity contribution in [3.63, 3.8) is 0 Å². The summed E-state index contributed by atoms with van der Waals surface area (Å²) in [5.41, 5.74) is 1.12. The normalized spacial score (nSPS) is 37.3. The van der Waals surface area contributed by atoms with Crippen LogP contribution in [0.2, 0.25) is 0 Å². The summed E-state index contributed by atoms with van der Waals surface area (Å²) in [6, 6.07) is 10.0. The molecule has 1 fully saturated rings. The van der Waals surface area contributed by atoms with Gasteiger partial charge in [0.25, 0.3) is 0 Å². The molecule has 0 spiro atoms. The maximum absolute atomic E-state index is 6.89. The molecular weight excluding hydrogens is 398 g/mol. The van der Waals surface area contributed by atoms with Crippen molar-refractivity contribution in [1.82, 2.24) is 0 Å². The Labute approximate surface area is 147 Å². The van der Waals surface area contributed by atoms with Gasteiger partial charge in [0.15, 0.2) is 0 Å². The minimum absolute atomic E-state index is 0.0126. The Morgan fingerprint density at radius 1 is 1.10 bits per heavy atom. The van der Waals surface area contributed by atoms with Gasteiger partial charge in [-0.2, -0.15) is 0 Å². The number of rotatable bonds is 3. The quantitative estimate of drug-likeness (QED) is 0.523. The predicted octanol–water partition coefficient (Wildman–Crippen LogP) is 4.83. The molecule has 0 amide bonds. The van der Waals surface area contributed by atoms with Crippen LogP contribution in [0.1, 0.15) is 11.5 Å². The van der Waals surface area contributed by atoms with Crippen LogP contribution < -0.4 is 0 Å². The second-order valence-corrected chi connectivity index (χ2v) is 7.63. The number of benzene rings is 1. The molecule has 3 rings (SSSR count). The molecule has 21 heavy (non-hydrogen) atoms. The van der Waals surface area contributed by atoms with E-state index < -0.39 is 10.7 Å². The molecule has 2 aliphatic carbocycles. The van der Waals surface area contributed by atoms with E-state index in [0.717, 1.165) is 5.56 Å². The van der Waals surface area contributed by atoms with Gasteiger partial charge in [-0.25, -0.2) is 0 Å². The third-order valence-corrected chi connectivity index (χ3v) is 7.89. The molecule has 1 aromatic carbocycles. The number of halogens is 4. The molecule has 0 radical (unpaired) electrons. The Morgan fingerprint density at radius 3 is 2.14 bits per heavy atom. The molecule has 0 aliphatic heterocycles. The Hall–Kier alpha value is 0.230. The highest BCUT2D eigenvalue weighted by Gasteiger charge is 2.77. The maximum atomic E-state index is 6.89. The molecule has 4 atom stereocenters. The lowest BCUT2D eigenvalue weighted by molar-refractivity contribution is -0.224. The van der Waals surface area contributed by atoms with Crippen LogP contribution in [0, 0.1) is 5.92 Å². The van der Waals surface area contributed by atoms with E-state index in [1.807, 2.05) is 30.3 Å². The first-order chi connectivity index (χ1) is 9.95. The summed E-state index contributed by atoms with van der Waals surface area (Å²) in [4.78, 5) is -1.21. The van der Waals surface area contributed by atoms with Crippen LogP contribution in [0.5, 0.6) is 0 Å². The standard InChI is InChI=1S/C15H14BrCl3O2/c1-20-15(21-2)10-9(8-6-4-3-5-7-8)12(16)14(15,19)13(18)11(10)17/h3-7,9-10,12H,1-2H3. The zero-order chi connectivity index (χ0) is 15.4. The van der Waals surface area contributed by atoms with Gasteiger partial charge >= 0.3 is 0 Å². The van der Waals surface area contributed by atoms with Crippen molar-refractivity contribution in [2.24, 2.45) is 5.92 Å². The monoisotopic (exact) mass is 410 g/mol. The molecule has 2 aliphatic rings. The maximum Gasteiger partial charge on any atom is 0.201 e. The predicted molar refractivity (Wildman–Crippen MR) is 89.5 cm³/mol. The highest BCUT2D eigenvalue weighted by molar-refractivity contribution is 9.09. The van der Waals surface area contributed by atoms with Crippen LogP contribution in [-0.2, 0) is 9.47 Å². The largest absolute Gasteiger partial charge is 0.351 e. The van der Waals surface area contributed by atoms with Gasteiger partial charge in [0.1, 0.15) is 4.87 Å². The molecule has 1 aromatic rings. The first kappa shape index (κ1) is 16.1. The van der Waals surface area contributed by atoms with E-state index in [9.17, 15) is 0 Å². The van der Waals surface area contributed by atoms with Gasteiger partial charge in [-0.05, 0) is 5.56 Å². The molecule has 6 heteroatoms. The Morgan fingerprint density at radius 2 is 1.67 bits per heavy atom. The molecule has 2 nitrogen and oxygen atoms in total. The van der Waals surface area contributed by atoms with Crippen LogP contribution in [0.3, 0.4) is 0 Å². The number of fused-ring (bicyclic) bond motifs is 2. The molecule has 4 unspecified atom stereocenters. The van der Waals surface area contributed by atoms with Crippen molar-refractivity contribution >= 4 is 50.7 Å². The molecule has 0 aromatic heterocycles. The van der Waals surface area contributed by atoms with Crippen molar-refractivity contribution < 1.29 is 9.47 Å². The third kappa shape index (κ3) is 1.79. The van der Waals surface area contributed by atoms with Crippen LogP contribution in [0.4, 0.5) is 0 Å². The number of hydrogen-bond acceptors (Lipinski definition) is 2. The summed E-state index contributed by atoms with van der Waals surface area (Å²) in [6.07, 6.45) is 0. The Kier molecular flexibility index (Phi) is 4.14. The van der Waals surface area contributed by atoms with Crippen LogP contribution >= 0.6 is 50.7 Å². The van der Waals surface area contributed by atoms with Gasteiger partial charge in [0.05, 0.1) is 15.8 Å². The lowest BCUT2D eigenvalue weighted by Crippen LogP contribution is -2.52. The van der Waals surface area contributed by atoms with Gasteiger partial charge in [0.2, 0.25) is 5.79 Å². The van der Waals surface area contributed by atoms with E-state index in [4.69, 9.17) is 44.3 Å². The molecule has 0 saturated heterocycles. The fourth-order valence-electron chi connectivity index (χ4n) is 3.65. The fraction of sp³-hybridized carbons (Fsp3) is 0.467. The number of ether oxygens (including phenoxy) is 2. The Bertz CT molecular complexity index is 588. The van der Waals surface area contributed by atoms with Crippen molar-refractivity contribution in [3.05, 3.63) is 46.0 Å². The van der Waals surface area contributed by atoms with E-state index in [2.05, 4.69) is 15.9 Å². The van der Waals surface area contributed by atoms with Gasteiger partial charge < -0.3 is 9.47 Å². The van der Waals surface area contributed by atoms with E-state index in [1.54, 1.807) is 14.2 Å². The first-order valence-corrected chi connectivity index (χ1v) is 8.54. The molecule has 114 valence electrons. The van der Waals surface area contributed by atoms with E-state index in [1.165, 1.54) is 0 Å². The highest BCUT2D eigenvalue weighted by atomic mass is 79.9. The molecule has 2 bridgehead atoms. The number of methoxy groups -OCH3 is 2.